The molecule has 1 heterocycles. The Morgan fingerprint density at radius 3 is 2.62 bits per heavy atom. The first-order valence-corrected chi connectivity index (χ1v) is 9.00. The van der Waals surface area contributed by atoms with Crippen LogP contribution in [-0.4, -0.2) is 17.7 Å². The van der Waals surface area contributed by atoms with Crippen LogP contribution in [-0.2, 0) is 4.79 Å². The van der Waals surface area contributed by atoms with Gasteiger partial charge in [-0.3, -0.25) is 4.79 Å². The second-order valence-electron chi connectivity index (χ2n) is 6.22. The van der Waals surface area contributed by atoms with Gasteiger partial charge in [-0.05, 0) is 56.2 Å². The van der Waals surface area contributed by atoms with Gasteiger partial charge in [-0.15, -0.1) is 0 Å². The molecule has 0 radical (unpaired) electrons. The highest BCUT2D eigenvalue weighted by atomic mass is 35.5. The first kappa shape index (κ1) is 18.2. The maximum absolute atomic E-state index is 12.7. The van der Waals surface area contributed by atoms with E-state index in [9.17, 15) is 4.79 Å². The molecule has 4 nitrogen and oxygen atoms in total. The van der Waals surface area contributed by atoms with Crippen LogP contribution in [0.25, 0.3) is 6.08 Å². The number of ether oxygens (including phenoxy) is 1. The van der Waals surface area contributed by atoms with Gasteiger partial charge >= 0.3 is 0 Å². The Morgan fingerprint density at radius 2 is 1.96 bits per heavy atom. The van der Waals surface area contributed by atoms with Gasteiger partial charge in [-0.2, -0.15) is 10.1 Å². The Bertz CT molecular complexity index is 875. The number of para-hydroxylation sites is 1. The largest absolute Gasteiger partial charge is 0.489 e. The summed E-state index contributed by atoms with van der Waals surface area (Å²) in [7, 11) is 0. The molecule has 0 fully saturated rings. The molecule has 0 spiro atoms. The van der Waals surface area contributed by atoms with Crippen molar-refractivity contribution in [2.75, 3.05) is 5.01 Å². The maximum Gasteiger partial charge on any atom is 0.280 e. The maximum atomic E-state index is 12.7. The van der Waals surface area contributed by atoms with Crippen LogP contribution >= 0.6 is 11.6 Å². The molecule has 0 aromatic heterocycles. The molecule has 5 heteroatoms. The quantitative estimate of drug-likeness (QED) is 0.670. The topological polar surface area (TPSA) is 41.9 Å². The number of carbonyl (C=O) groups is 1. The number of nitrogens with zero attached hydrogens (tertiary/aromatic N) is 2. The average molecular weight is 369 g/mol. The molecule has 0 aliphatic carbocycles. The number of hydrazone groups is 1. The lowest BCUT2D eigenvalue weighted by Crippen LogP contribution is -2.21. The number of anilines is 1. The Hall–Kier alpha value is -2.59. The molecule has 2 aromatic carbocycles. The molecule has 134 valence electrons. The number of rotatable bonds is 5. The highest BCUT2D eigenvalue weighted by Crippen LogP contribution is 2.29. The molecule has 0 bridgehead atoms. The van der Waals surface area contributed by atoms with Crippen molar-refractivity contribution in [2.24, 2.45) is 5.10 Å². The Balaban J connectivity index is 1.85. The van der Waals surface area contributed by atoms with Crippen molar-refractivity contribution in [3.8, 4) is 5.75 Å². The molecule has 2 aromatic rings. The molecule has 1 aliphatic heterocycles. The number of hydrogen-bond donors (Lipinski definition) is 0. The average Bonchev–Trinajstić information content (AvgIpc) is 2.92. The summed E-state index contributed by atoms with van der Waals surface area (Å²) in [4.78, 5) is 12.7. The van der Waals surface area contributed by atoms with Gasteiger partial charge in [0.25, 0.3) is 5.91 Å². The van der Waals surface area contributed by atoms with Crippen molar-refractivity contribution in [3.63, 3.8) is 0 Å². The minimum absolute atomic E-state index is 0.0990. The van der Waals surface area contributed by atoms with E-state index in [1.807, 2.05) is 62.4 Å². The monoisotopic (exact) mass is 368 g/mol. The lowest BCUT2D eigenvalue weighted by molar-refractivity contribution is -0.114. The summed E-state index contributed by atoms with van der Waals surface area (Å²) in [5, 5.41) is 6.33. The third-order valence-electron chi connectivity index (χ3n) is 4.23. The number of hydrogen-bond acceptors (Lipinski definition) is 3. The van der Waals surface area contributed by atoms with Crippen molar-refractivity contribution >= 4 is 35.0 Å². The van der Waals surface area contributed by atoms with E-state index in [2.05, 4.69) is 12.0 Å². The third kappa shape index (κ3) is 3.81. The number of benzene rings is 2. The van der Waals surface area contributed by atoms with Crippen LogP contribution in [0.2, 0.25) is 5.02 Å². The van der Waals surface area contributed by atoms with Crippen LogP contribution in [0.1, 0.15) is 32.8 Å². The van der Waals surface area contributed by atoms with Gasteiger partial charge in [0.2, 0.25) is 0 Å². The first-order chi connectivity index (χ1) is 12.5. The van der Waals surface area contributed by atoms with E-state index in [1.165, 1.54) is 5.01 Å². The molecule has 3 rings (SSSR count). The van der Waals surface area contributed by atoms with Gasteiger partial charge < -0.3 is 4.74 Å². The van der Waals surface area contributed by atoms with Gasteiger partial charge in [0.05, 0.1) is 28.1 Å². The van der Waals surface area contributed by atoms with Gasteiger partial charge in [0.15, 0.2) is 0 Å². The summed E-state index contributed by atoms with van der Waals surface area (Å²) >= 11 is 6.33. The fourth-order valence-corrected chi connectivity index (χ4v) is 2.83. The highest BCUT2D eigenvalue weighted by Gasteiger charge is 2.28. The minimum Gasteiger partial charge on any atom is -0.489 e. The van der Waals surface area contributed by atoms with Crippen molar-refractivity contribution < 1.29 is 9.53 Å². The van der Waals surface area contributed by atoms with Crippen LogP contribution in [0.3, 0.4) is 0 Å². The van der Waals surface area contributed by atoms with E-state index in [-0.39, 0.29) is 12.0 Å². The summed E-state index contributed by atoms with van der Waals surface area (Å²) in [5.74, 6) is 0.502. The van der Waals surface area contributed by atoms with Gasteiger partial charge in [-0.25, -0.2) is 0 Å². The van der Waals surface area contributed by atoms with Crippen LogP contribution in [0.4, 0.5) is 5.69 Å². The lowest BCUT2D eigenvalue weighted by Gasteiger charge is -2.14. The zero-order chi connectivity index (χ0) is 18.7. The standard InChI is InChI=1S/C21H21ClN2O2/c1-4-14(2)26-20-11-10-16(13-19(20)22)12-18-15(3)23-24(21(18)25)17-8-6-5-7-9-17/h5-14H,4H2,1-3H3. The second-order valence-corrected chi connectivity index (χ2v) is 6.63. The molecule has 0 saturated heterocycles. The Kier molecular flexibility index (Phi) is 5.43. The number of carbonyl (C=O) groups excluding carboxylic acids is 1. The molecular weight excluding hydrogens is 348 g/mol. The third-order valence-corrected chi connectivity index (χ3v) is 4.53. The van der Waals surface area contributed by atoms with E-state index in [4.69, 9.17) is 16.3 Å². The molecule has 1 atom stereocenters. The van der Waals surface area contributed by atoms with Gasteiger partial charge in [0.1, 0.15) is 5.75 Å². The molecule has 1 amide bonds. The van der Waals surface area contributed by atoms with Crippen molar-refractivity contribution in [3.05, 3.63) is 64.7 Å². The molecule has 1 unspecified atom stereocenters. The smallest absolute Gasteiger partial charge is 0.280 e. The van der Waals surface area contributed by atoms with Crippen molar-refractivity contribution in [1.82, 2.24) is 0 Å². The summed E-state index contributed by atoms with van der Waals surface area (Å²) in [6, 6.07) is 14.9. The molecule has 0 saturated carbocycles. The van der Waals surface area contributed by atoms with Crippen molar-refractivity contribution in [2.45, 2.75) is 33.3 Å². The molecule has 1 aliphatic rings. The zero-order valence-electron chi connectivity index (χ0n) is 15.1. The van der Waals surface area contributed by atoms with Crippen molar-refractivity contribution in [1.29, 1.82) is 0 Å². The number of halogens is 1. The predicted octanol–water partition coefficient (Wildman–Crippen LogP) is 5.32. The molecule has 0 N–H and O–H groups in total. The second kappa shape index (κ2) is 7.75. The minimum atomic E-state index is -0.148. The summed E-state index contributed by atoms with van der Waals surface area (Å²) in [5.41, 5.74) is 2.81. The Morgan fingerprint density at radius 1 is 1.23 bits per heavy atom. The summed E-state index contributed by atoms with van der Waals surface area (Å²) in [6.45, 7) is 5.89. The predicted molar refractivity (Wildman–Crippen MR) is 107 cm³/mol. The van der Waals surface area contributed by atoms with Crippen LogP contribution < -0.4 is 9.75 Å². The van der Waals surface area contributed by atoms with E-state index in [0.717, 1.165) is 17.7 Å². The van der Waals surface area contributed by atoms with E-state index >= 15 is 0 Å². The summed E-state index contributed by atoms with van der Waals surface area (Å²) < 4.78 is 5.78. The van der Waals surface area contributed by atoms with Crippen LogP contribution in [0.5, 0.6) is 5.75 Å². The van der Waals surface area contributed by atoms with Gasteiger partial charge in [0, 0.05) is 0 Å². The van der Waals surface area contributed by atoms with E-state index < -0.39 is 0 Å². The molecular formula is C21H21ClN2O2. The lowest BCUT2D eigenvalue weighted by atomic mass is 10.1. The molecule has 26 heavy (non-hydrogen) atoms. The SMILES string of the molecule is CCC(C)Oc1ccc(C=C2C(=O)N(c3ccccc3)N=C2C)cc1Cl. The van der Waals surface area contributed by atoms with Crippen LogP contribution in [0.15, 0.2) is 59.2 Å². The van der Waals surface area contributed by atoms with Crippen LogP contribution in [0, 0.1) is 0 Å². The first-order valence-electron chi connectivity index (χ1n) is 8.62. The number of amides is 1. The van der Waals surface area contributed by atoms with Gasteiger partial charge in [-0.1, -0.05) is 42.8 Å². The fraction of sp³-hybridized carbons (Fsp3) is 0.238. The fourth-order valence-electron chi connectivity index (χ4n) is 2.60. The van der Waals surface area contributed by atoms with E-state index in [1.54, 1.807) is 6.07 Å². The zero-order valence-corrected chi connectivity index (χ0v) is 15.8. The summed E-state index contributed by atoms with van der Waals surface area (Å²) in [6.07, 6.45) is 2.81. The Labute approximate surface area is 158 Å². The highest BCUT2D eigenvalue weighted by molar-refractivity contribution is 6.33. The normalized spacial score (nSPS) is 16.8. The van der Waals surface area contributed by atoms with E-state index in [0.29, 0.717) is 22.1 Å².